The predicted octanol–water partition coefficient (Wildman–Crippen LogP) is 3.71. The molecule has 1 fully saturated rings. The fraction of sp³-hybridized carbons (Fsp3) is 0.192. The molecule has 6 rings (SSSR count). The summed E-state index contributed by atoms with van der Waals surface area (Å²) >= 11 is 6.24. The maximum absolute atomic E-state index is 13.9. The summed E-state index contributed by atoms with van der Waals surface area (Å²) in [7, 11) is -2.39. The van der Waals surface area contributed by atoms with Gasteiger partial charge in [-0.3, -0.25) is 24.0 Å². The minimum atomic E-state index is -2.39. The average molecular weight is 504 g/mol. The molecule has 1 atom stereocenters. The lowest BCUT2D eigenvalue weighted by atomic mass is 9.76. The van der Waals surface area contributed by atoms with Crippen LogP contribution in [0.2, 0.25) is 5.02 Å². The monoisotopic (exact) mass is 503 g/mol. The molecular formula is C26H22ClN5O2S. The number of nitrogens with zero attached hydrogens (tertiary/aromatic N) is 5. The zero-order valence-corrected chi connectivity index (χ0v) is 20.6. The largest absolute Gasteiger partial charge is 0.304 e. The van der Waals surface area contributed by atoms with E-state index >= 15 is 0 Å². The zero-order valence-electron chi connectivity index (χ0n) is 19.0. The normalized spacial score (nSPS) is 18.5. The summed E-state index contributed by atoms with van der Waals surface area (Å²) in [5, 5.41) is 2.53. The van der Waals surface area contributed by atoms with Crippen LogP contribution < -0.4 is 4.90 Å². The van der Waals surface area contributed by atoms with Crippen molar-refractivity contribution >= 4 is 49.5 Å². The Morgan fingerprint density at radius 3 is 2.66 bits per heavy atom. The summed E-state index contributed by atoms with van der Waals surface area (Å²) in [5.41, 5.74) is 3.50. The van der Waals surface area contributed by atoms with Crippen LogP contribution in [0.15, 0.2) is 67.4 Å². The molecule has 0 bridgehead atoms. The molecule has 1 amide bonds. The summed E-state index contributed by atoms with van der Waals surface area (Å²) in [4.78, 5) is 29.0. The molecule has 0 radical (unpaired) electrons. The maximum atomic E-state index is 13.9. The molecule has 4 aromatic rings. The van der Waals surface area contributed by atoms with Gasteiger partial charge in [-0.15, -0.1) is 0 Å². The van der Waals surface area contributed by atoms with Crippen LogP contribution in [0.25, 0.3) is 21.9 Å². The van der Waals surface area contributed by atoms with Crippen molar-refractivity contribution in [2.45, 2.75) is 12.0 Å². The number of rotatable bonds is 4. The molecule has 2 aliphatic rings. The molecule has 2 aliphatic heterocycles. The van der Waals surface area contributed by atoms with Gasteiger partial charge in [0, 0.05) is 75.4 Å². The van der Waals surface area contributed by atoms with E-state index in [0.29, 0.717) is 18.1 Å². The fourth-order valence-electron chi connectivity index (χ4n) is 5.12. The Bertz CT molecular complexity index is 1600. The molecule has 9 heteroatoms. The van der Waals surface area contributed by atoms with Crippen molar-refractivity contribution < 1.29 is 9.00 Å². The molecule has 7 nitrogen and oxygen atoms in total. The Morgan fingerprint density at radius 1 is 1.11 bits per heavy atom. The van der Waals surface area contributed by atoms with Gasteiger partial charge in [-0.2, -0.15) is 0 Å². The molecule has 1 aromatic carbocycles. The van der Waals surface area contributed by atoms with E-state index in [0.717, 1.165) is 38.8 Å². The number of benzene rings is 1. The van der Waals surface area contributed by atoms with Crippen LogP contribution in [0.5, 0.6) is 0 Å². The Balaban J connectivity index is 1.46. The highest BCUT2D eigenvalue weighted by Gasteiger charge is 2.59. The average Bonchev–Trinajstić information content (AvgIpc) is 3.06. The number of carbonyl (C=O) groups is 1. The van der Waals surface area contributed by atoms with Gasteiger partial charge in [0.1, 0.15) is 5.41 Å². The van der Waals surface area contributed by atoms with Gasteiger partial charge in [-0.25, -0.2) is 4.31 Å². The van der Waals surface area contributed by atoms with E-state index < -0.39 is 15.1 Å². The number of halogens is 1. The van der Waals surface area contributed by atoms with Crippen LogP contribution in [0.1, 0.15) is 11.3 Å². The maximum Gasteiger partial charge on any atom is 0.240 e. The molecule has 0 aliphatic carbocycles. The molecule has 1 saturated heterocycles. The van der Waals surface area contributed by atoms with E-state index in [1.807, 2.05) is 36.4 Å². The van der Waals surface area contributed by atoms with Crippen LogP contribution in [0, 0.1) is 0 Å². The predicted molar refractivity (Wildman–Crippen MR) is 140 cm³/mol. The second-order valence-corrected chi connectivity index (χ2v) is 12.0. The summed E-state index contributed by atoms with van der Waals surface area (Å²) < 4.78 is 14.3. The standard InChI is InChI=1S/C26H22ClN5O2S/c1-35(2,34)31-15-26(16-31)21-7-9-29-13-23(21)32(25(26)33)14-22-24(17-4-3-8-28-11-17)20-6-5-19(27)10-18(20)12-30-22/h3-13H,1,14-16H2,2H3. The van der Waals surface area contributed by atoms with Crippen LogP contribution in [-0.2, 0) is 26.5 Å². The van der Waals surface area contributed by atoms with Crippen molar-refractivity contribution in [1.82, 2.24) is 19.3 Å². The van der Waals surface area contributed by atoms with E-state index in [4.69, 9.17) is 16.6 Å². The third kappa shape index (κ3) is 3.43. The summed E-state index contributed by atoms with van der Waals surface area (Å²) in [6, 6.07) is 11.5. The first-order valence-electron chi connectivity index (χ1n) is 11.1. The molecule has 0 N–H and O–H groups in total. The lowest BCUT2D eigenvalue weighted by Gasteiger charge is -2.47. The van der Waals surface area contributed by atoms with E-state index in [1.165, 1.54) is 0 Å². The number of hydrogen-bond donors (Lipinski definition) is 0. The van der Waals surface area contributed by atoms with Gasteiger partial charge in [-0.05, 0) is 41.1 Å². The van der Waals surface area contributed by atoms with Gasteiger partial charge >= 0.3 is 0 Å². The van der Waals surface area contributed by atoms with Gasteiger partial charge < -0.3 is 4.90 Å². The number of amides is 1. The molecule has 5 heterocycles. The van der Waals surface area contributed by atoms with Gasteiger partial charge in [0.05, 0.1) is 24.1 Å². The van der Waals surface area contributed by atoms with Gasteiger partial charge in [-0.1, -0.05) is 23.7 Å². The van der Waals surface area contributed by atoms with E-state index in [1.54, 1.807) is 46.4 Å². The van der Waals surface area contributed by atoms with Crippen LogP contribution in [0.4, 0.5) is 5.69 Å². The minimum absolute atomic E-state index is 0.0319. The Kier molecular flexibility index (Phi) is 4.96. The van der Waals surface area contributed by atoms with Crippen molar-refractivity contribution in [3.05, 3.63) is 83.7 Å². The molecular weight excluding hydrogens is 482 g/mol. The molecule has 1 spiro atoms. The Morgan fingerprint density at radius 2 is 1.91 bits per heavy atom. The summed E-state index contributed by atoms with van der Waals surface area (Å²) in [5.74, 6) is 3.75. The van der Waals surface area contributed by atoms with E-state index in [2.05, 4.69) is 15.8 Å². The van der Waals surface area contributed by atoms with Crippen molar-refractivity contribution in [3.8, 4) is 11.1 Å². The smallest absolute Gasteiger partial charge is 0.240 e. The summed E-state index contributed by atoms with van der Waals surface area (Å²) in [6.07, 6.45) is 10.3. The molecule has 176 valence electrons. The van der Waals surface area contributed by atoms with E-state index in [-0.39, 0.29) is 12.5 Å². The number of fused-ring (bicyclic) bond motifs is 3. The Hall–Kier alpha value is -3.33. The molecule has 0 saturated carbocycles. The quantitative estimate of drug-likeness (QED) is 0.397. The second kappa shape index (κ2) is 7.84. The Labute approximate surface area is 208 Å². The number of aromatic nitrogens is 3. The highest BCUT2D eigenvalue weighted by atomic mass is 35.5. The third-order valence-corrected chi connectivity index (χ3v) is 8.47. The van der Waals surface area contributed by atoms with Crippen LogP contribution in [0.3, 0.4) is 0 Å². The topological polar surface area (TPSA) is 79.3 Å². The number of anilines is 1. The third-order valence-electron chi connectivity index (χ3n) is 6.89. The van der Waals surface area contributed by atoms with E-state index in [9.17, 15) is 9.00 Å². The first kappa shape index (κ1) is 22.2. The zero-order chi connectivity index (χ0) is 24.4. The van der Waals surface area contributed by atoms with Crippen molar-refractivity contribution in [2.24, 2.45) is 0 Å². The van der Waals surface area contributed by atoms with Crippen molar-refractivity contribution in [1.29, 1.82) is 0 Å². The second-order valence-electron chi connectivity index (χ2n) is 9.18. The lowest BCUT2D eigenvalue weighted by Crippen LogP contribution is -2.64. The summed E-state index contributed by atoms with van der Waals surface area (Å²) in [6.45, 7) is 1.02. The van der Waals surface area contributed by atoms with Crippen LogP contribution >= 0.6 is 11.6 Å². The van der Waals surface area contributed by atoms with Gasteiger partial charge in [0.15, 0.2) is 0 Å². The number of pyridine rings is 3. The first-order chi connectivity index (χ1) is 16.8. The molecule has 35 heavy (non-hydrogen) atoms. The number of hydrogen-bond acceptors (Lipinski definition) is 5. The molecule has 1 unspecified atom stereocenters. The molecule has 3 aromatic heterocycles. The number of carbonyl (C=O) groups excluding carboxylic acids is 1. The van der Waals surface area contributed by atoms with Crippen molar-refractivity contribution in [2.75, 3.05) is 24.2 Å². The highest BCUT2D eigenvalue weighted by molar-refractivity contribution is 7.97. The minimum Gasteiger partial charge on any atom is -0.304 e. The fourth-order valence-corrected chi connectivity index (χ4v) is 6.29. The lowest BCUT2D eigenvalue weighted by molar-refractivity contribution is -0.127. The SMILES string of the molecule is C=S(C)(=O)N1CC2(C1)C(=O)N(Cc1ncc3cc(Cl)ccc3c1-c1cccnc1)c1cnccc12. The highest BCUT2D eigenvalue weighted by Crippen LogP contribution is 2.48. The van der Waals surface area contributed by atoms with Gasteiger partial charge in [0.25, 0.3) is 0 Å². The van der Waals surface area contributed by atoms with Crippen molar-refractivity contribution in [3.63, 3.8) is 0 Å². The van der Waals surface area contributed by atoms with Gasteiger partial charge in [0.2, 0.25) is 5.91 Å². The van der Waals surface area contributed by atoms with Crippen LogP contribution in [-0.4, -0.2) is 54.6 Å². The first-order valence-corrected chi connectivity index (χ1v) is 13.6.